The van der Waals surface area contributed by atoms with Crippen LogP contribution in [0.2, 0.25) is 0 Å². The molecule has 0 spiro atoms. The van der Waals surface area contributed by atoms with Crippen molar-refractivity contribution in [3.63, 3.8) is 0 Å². The van der Waals surface area contributed by atoms with Gasteiger partial charge >= 0.3 is 0 Å². The zero-order valence-electron chi connectivity index (χ0n) is 13.6. The first kappa shape index (κ1) is 15.8. The van der Waals surface area contributed by atoms with Crippen molar-refractivity contribution in [1.82, 2.24) is 20.1 Å². The Bertz CT molecular complexity index is 813. The molecular weight excluding hydrogens is 372 g/mol. The number of carbonyl (C=O) groups is 1. The number of aromatic nitrogens is 3. The summed E-state index contributed by atoms with van der Waals surface area (Å²) in [6, 6.07) is 3.82. The van der Waals surface area contributed by atoms with E-state index >= 15 is 0 Å². The summed E-state index contributed by atoms with van der Waals surface area (Å²) in [6.45, 7) is 3.46. The molecule has 0 radical (unpaired) electrons. The Balaban J connectivity index is 1.75. The first-order valence-electron chi connectivity index (χ1n) is 8.07. The molecule has 0 aliphatic heterocycles. The van der Waals surface area contributed by atoms with Crippen LogP contribution in [0.25, 0.3) is 5.69 Å². The quantitative estimate of drug-likeness (QED) is 0.784. The summed E-state index contributed by atoms with van der Waals surface area (Å²) in [6.07, 6.45) is 3.84. The Labute approximate surface area is 148 Å². The van der Waals surface area contributed by atoms with Crippen LogP contribution in [0.5, 0.6) is 0 Å². The molecule has 4 rings (SSSR count). The van der Waals surface area contributed by atoms with Crippen LogP contribution >= 0.6 is 15.9 Å². The van der Waals surface area contributed by atoms with E-state index in [1.807, 2.05) is 16.8 Å². The van der Waals surface area contributed by atoms with Gasteiger partial charge in [0.25, 0.3) is 5.91 Å². The van der Waals surface area contributed by atoms with Crippen molar-refractivity contribution in [3.05, 3.63) is 39.9 Å². The van der Waals surface area contributed by atoms with Gasteiger partial charge in [-0.15, -0.1) is 0 Å². The van der Waals surface area contributed by atoms with Crippen LogP contribution in [-0.4, -0.2) is 37.9 Å². The average Bonchev–Trinajstić information content (AvgIpc) is 3.04. The highest BCUT2D eigenvalue weighted by Crippen LogP contribution is 2.57. The number of carbonyl (C=O) groups excluding carboxylic acids is 1. The van der Waals surface area contributed by atoms with Gasteiger partial charge in [-0.1, -0.05) is 0 Å². The number of aliphatic hydroxyl groups excluding tert-OH is 1. The molecule has 2 atom stereocenters. The molecular formula is C17H19BrN4O2. The highest BCUT2D eigenvalue weighted by atomic mass is 79.9. The van der Waals surface area contributed by atoms with Crippen LogP contribution in [0.4, 0.5) is 0 Å². The molecule has 0 saturated heterocycles. The SMILES string of the molecule is CC(C)(CO)NC(=O)c1nn(-c2ccc(Br)nc2)c2c1C[C@H]1C[C@@H]21. The van der Waals surface area contributed by atoms with Crippen LogP contribution in [0.15, 0.2) is 22.9 Å². The fourth-order valence-corrected chi connectivity index (χ4v) is 3.63. The molecule has 0 bridgehead atoms. The Morgan fingerprint density at radius 2 is 2.29 bits per heavy atom. The van der Waals surface area contributed by atoms with Gasteiger partial charge in [0.05, 0.1) is 29.7 Å². The predicted octanol–water partition coefficient (Wildman–Crippen LogP) is 2.19. The summed E-state index contributed by atoms with van der Waals surface area (Å²) >= 11 is 3.34. The number of rotatable bonds is 4. The highest BCUT2D eigenvalue weighted by Gasteiger charge is 2.50. The molecule has 2 heterocycles. The second kappa shape index (κ2) is 5.39. The minimum Gasteiger partial charge on any atom is -0.394 e. The molecule has 1 fully saturated rings. The maximum atomic E-state index is 12.7. The van der Waals surface area contributed by atoms with Gasteiger partial charge in [0, 0.05) is 11.5 Å². The van der Waals surface area contributed by atoms with Crippen molar-refractivity contribution in [1.29, 1.82) is 0 Å². The first-order chi connectivity index (χ1) is 11.4. The summed E-state index contributed by atoms with van der Waals surface area (Å²) in [4.78, 5) is 16.9. The number of halogens is 1. The number of fused-ring (bicyclic) bond motifs is 3. The van der Waals surface area contributed by atoms with Crippen molar-refractivity contribution in [2.75, 3.05) is 6.61 Å². The summed E-state index contributed by atoms with van der Waals surface area (Å²) < 4.78 is 2.63. The van der Waals surface area contributed by atoms with Gasteiger partial charge in [0.1, 0.15) is 4.60 Å². The molecule has 2 aromatic heterocycles. The minimum atomic E-state index is -0.672. The van der Waals surface area contributed by atoms with Crippen LogP contribution in [-0.2, 0) is 6.42 Å². The lowest BCUT2D eigenvalue weighted by Gasteiger charge is -2.23. The smallest absolute Gasteiger partial charge is 0.272 e. The van der Waals surface area contributed by atoms with Gasteiger partial charge < -0.3 is 10.4 Å². The van der Waals surface area contributed by atoms with Crippen molar-refractivity contribution < 1.29 is 9.90 Å². The van der Waals surface area contributed by atoms with Crippen molar-refractivity contribution >= 4 is 21.8 Å². The lowest BCUT2D eigenvalue weighted by molar-refractivity contribution is 0.0863. The summed E-state index contributed by atoms with van der Waals surface area (Å²) in [5.41, 5.74) is 2.86. The van der Waals surface area contributed by atoms with E-state index in [1.54, 1.807) is 20.0 Å². The topological polar surface area (TPSA) is 80.0 Å². The van der Waals surface area contributed by atoms with E-state index < -0.39 is 5.54 Å². The fourth-order valence-electron chi connectivity index (χ4n) is 3.39. The van der Waals surface area contributed by atoms with Gasteiger partial charge in [-0.3, -0.25) is 4.79 Å². The zero-order valence-corrected chi connectivity index (χ0v) is 15.2. The predicted molar refractivity (Wildman–Crippen MR) is 92.2 cm³/mol. The molecule has 126 valence electrons. The van der Waals surface area contributed by atoms with Gasteiger partial charge in [-0.05, 0) is 60.7 Å². The molecule has 1 amide bonds. The van der Waals surface area contributed by atoms with Crippen molar-refractivity contribution in [2.45, 2.75) is 38.1 Å². The summed E-state index contributed by atoms with van der Waals surface area (Å²) in [5.74, 6) is 0.920. The fraction of sp³-hybridized carbons (Fsp3) is 0.471. The normalized spacial score (nSPS) is 21.3. The third kappa shape index (κ3) is 2.56. The molecule has 2 aliphatic rings. The minimum absolute atomic E-state index is 0.122. The summed E-state index contributed by atoms with van der Waals surface area (Å²) in [7, 11) is 0. The van der Waals surface area contributed by atoms with E-state index in [-0.39, 0.29) is 12.5 Å². The number of amides is 1. The Morgan fingerprint density at radius 1 is 1.50 bits per heavy atom. The number of pyridine rings is 1. The number of hydrogen-bond donors (Lipinski definition) is 2. The second-order valence-electron chi connectivity index (χ2n) is 7.27. The number of nitrogens with one attached hydrogen (secondary N) is 1. The monoisotopic (exact) mass is 390 g/mol. The van der Waals surface area contributed by atoms with E-state index in [1.165, 1.54) is 6.42 Å². The maximum absolute atomic E-state index is 12.7. The van der Waals surface area contributed by atoms with Gasteiger partial charge in [0.2, 0.25) is 0 Å². The van der Waals surface area contributed by atoms with Gasteiger partial charge in [-0.2, -0.15) is 5.10 Å². The van der Waals surface area contributed by atoms with Crippen LogP contribution in [0.3, 0.4) is 0 Å². The molecule has 2 aromatic rings. The van der Waals surface area contributed by atoms with Gasteiger partial charge in [-0.25, -0.2) is 9.67 Å². The standard InChI is InChI=1S/C17H19BrN4O2/c1-17(2,8-23)20-16(24)14-12-6-9-5-11(9)15(12)22(21-14)10-3-4-13(18)19-7-10/h3-4,7,9,11,23H,5-6,8H2,1-2H3,(H,20,24)/t9-,11-/m1/s1. The van der Waals surface area contributed by atoms with Crippen LogP contribution < -0.4 is 5.32 Å². The van der Waals surface area contributed by atoms with Crippen LogP contribution in [0, 0.1) is 5.92 Å². The van der Waals surface area contributed by atoms with E-state index in [4.69, 9.17) is 0 Å². The molecule has 7 heteroatoms. The number of nitrogens with zero attached hydrogens (tertiary/aromatic N) is 3. The Kier molecular flexibility index (Phi) is 3.54. The second-order valence-corrected chi connectivity index (χ2v) is 8.08. The van der Waals surface area contributed by atoms with Crippen molar-refractivity contribution in [2.24, 2.45) is 5.92 Å². The molecule has 1 saturated carbocycles. The molecule has 2 aliphatic carbocycles. The molecule has 6 nitrogen and oxygen atoms in total. The Hall–Kier alpha value is -1.73. The van der Waals surface area contributed by atoms with E-state index in [9.17, 15) is 9.90 Å². The Morgan fingerprint density at radius 3 is 2.96 bits per heavy atom. The highest BCUT2D eigenvalue weighted by molar-refractivity contribution is 9.10. The molecule has 24 heavy (non-hydrogen) atoms. The maximum Gasteiger partial charge on any atom is 0.272 e. The van der Waals surface area contributed by atoms with E-state index in [2.05, 4.69) is 31.3 Å². The lowest BCUT2D eigenvalue weighted by atomic mass is 10.1. The number of hydrogen-bond acceptors (Lipinski definition) is 4. The molecule has 0 unspecified atom stereocenters. The molecule has 0 aromatic carbocycles. The largest absolute Gasteiger partial charge is 0.394 e. The molecule has 2 N–H and O–H groups in total. The zero-order chi connectivity index (χ0) is 17.1. The average molecular weight is 391 g/mol. The van der Waals surface area contributed by atoms with Crippen molar-refractivity contribution in [3.8, 4) is 5.69 Å². The van der Waals surface area contributed by atoms with E-state index in [0.29, 0.717) is 17.5 Å². The number of aliphatic hydroxyl groups is 1. The van der Waals surface area contributed by atoms with Crippen LogP contribution in [0.1, 0.15) is 47.9 Å². The third-order valence-electron chi connectivity index (χ3n) is 4.78. The summed E-state index contributed by atoms with van der Waals surface area (Å²) in [5, 5.41) is 16.9. The lowest BCUT2D eigenvalue weighted by Crippen LogP contribution is -2.46. The van der Waals surface area contributed by atoms with E-state index in [0.717, 1.165) is 28.0 Å². The first-order valence-corrected chi connectivity index (χ1v) is 8.86. The third-order valence-corrected chi connectivity index (χ3v) is 5.25. The van der Waals surface area contributed by atoms with Gasteiger partial charge in [0.15, 0.2) is 5.69 Å².